The number of rotatable bonds is 4. The van der Waals surface area contributed by atoms with Gasteiger partial charge in [-0.1, -0.05) is 33.6 Å². The van der Waals surface area contributed by atoms with Crippen LogP contribution in [0, 0.1) is 18.4 Å². The fourth-order valence-corrected chi connectivity index (χ4v) is 11.6. The van der Waals surface area contributed by atoms with E-state index in [0.29, 0.717) is 12.6 Å². The van der Waals surface area contributed by atoms with Crippen molar-refractivity contribution in [1.82, 2.24) is 0 Å². The summed E-state index contributed by atoms with van der Waals surface area (Å²) >= 11 is 0. The van der Waals surface area contributed by atoms with Gasteiger partial charge in [-0.05, 0) is 57.8 Å². The maximum atomic E-state index is 7.02. The van der Waals surface area contributed by atoms with Crippen LogP contribution in [0.5, 0.6) is 0 Å². The molecule has 12 atom stereocenters. The molecule has 0 aromatic rings. The van der Waals surface area contributed by atoms with E-state index in [0.717, 1.165) is 83.5 Å². The first kappa shape index (κ1) is 40.9. The molecule has 2 unspecified atom stereocenters. The van der Waals surface area contributed by atoms with Crippen molar-refractivity contribution in [2.45, 2.75) is 233 Å². The van der Waals surface area contributed by atoms with E-state index in [4.69, 9.17) is 56.3 Å². The summed E-state index contributed by atoms with van der Waals surface area (Å²) in [7, 11) is 0. The van der Waals surface area contributed by atoms with Crippen LogP contribution in [0.4, 0.5) is 0 Å². The van der Waals surface area contributed by atoms with Gasteiger partial charge in [0, 0.05) is 57.8 Å². The normalized spacial score (nSPS) is 45.8. The zero-order chi connectivity index (χ0) is 33.7. The van der Waals surface area contributed by atoms with E-state index < -0.39 is 0 Å². The average Bonchev–Trinajstić information content (AvgIpc) is 3.84. The summed E-state index contributed by atoms with van der Waals surface area (Å²) < 4.78 is 52.0. The van der Waals surface area contributed by atoms with Gasteiger partial charge in [0.2, 0.25) is 6.54 Å². The molecule has 0 N–H and O–H groups in total. The van der Waals surface area contributed by atoms with E-state index >= 15 is 0 Å². The molecular weight excluding hydrogens is 676 g/mol. The smallest absolute Gasteiger partial charge is 0.512 e. The van der Waals surface area contributed by atoms with Crippen molar-refractivity contribution in [2.24, 2.45) is 0 Å². The maximum absolute atomic E-state index is 7.02. The van der Waals surface area contributed by atoms with Gasteiger partial charge >= 0.3 is 51.4 Å². The Bertz CT molecular complexity index is 1240. The summed E-state index contributed by atoms with van der Waals surface area (Å²) in [5, 5.41) is 6.25. The minimum Gasteiger partial charge on any atom is -0.512 e. The Morgan fingerprint density at radius 2 is 1.02 bits per heavy atom. The standard InChI is InChI=1S/C19H27NO4.C19H30O4.CN.CH4.K/c1-20-10-7-13-5-6-16-18(22-13)11-14(21-16)17-15(12-18)23-19(24-17)8-3-2-4-9-19;1-2-6-13-7-8-16-18(21-13)11-14(20-16)17-15(12-18)22-19(23-17)9-4-3-5-10-19;1-2;;/h13-17H,2-12H2;13-17H,2-12H2,1H3;;1H4;/q;;-1;;+1/t13-,14-,15-,16+,17?,18-;13-,14+,15+,16-,17?,18+;;;/m10.../s1. The molecule has 0 amide bonds. The van der Waals surface area contributed by atoms with Gasteiger partial charge in [-0.25, -0.2) is 6.57 Å². The summed E-state index contributed by atoms with van der Waals surface area (Å²) in [4.78, 5) is 3.50. The number of hydrogen-bond acceptors (Lipinski definition) is 9. The van der Waals surface area contributed by atoms with Crippen molar-refractivity contribution in [3.8, 4) is 0 Å². The molecule has 4 spiro atoms. The van der Waals surface area contributed by atoms with Crippen LogP contribution in [0.1, 0.15) is 149 Å². The van der Waals surface area contributed by atoms with Crippen LogP contribution in [0.2, 0.25) is 0 Å². The Morgan fingerprint density at radius 1 is 0.588 bits per heavy atom. The molecule has 51 heavy (non-hydrogen) atoms. The predicted molar refractivity (Wildman–Crippen MR) is 183 cm³/mol. The molecule has 6 saturated heterocycles. The van der Waals surface area contributed by atoms with Gasteiger partial charge in [-0.3, -0.25) is 0 Å². The summed E-state index contributed by atoms with van der Waals surface area (Å²) in [5.41, 5.74) is -0.284. The van der Waals surface area contributed by atoms with Crippen molar-refractivity contribution in [2.75, 3.05) is 6.54 Å². The minimum absolute atomic E-state index is 0. The van der Waals surface area contributed by atoms with E-state index in [9.17, 15) is 0 Å². The molecule has 10 nitrogen and oxygen atoms in total. The van der Waals surface area contributed by atoms with Gasteiger partial charge < -0.3 is 54.6 Å². The summed E-state index contributed by atoms with van der Waals surface area (Å²) in [6, 6.07) is 0. The third-order valence-corrected chi connectivity index (χ3v) is 13.6. The van der Waals surface area contributed by atoms with Crippen LogP contribution in [-0.2, 0) is 37.9 Å². The topological polar surface area (TPSA) is 102 Å². The van der Waals surface area contributed by atoms with Crippen molar-refractivity contribution in [3.05, 3.63) is 18.0 Å². The first-order valence-electron chi connectivity index (χ1n) is 19.9. The molecule has 10 rings (SSSR count). The SMILES string of the molecule is C.CCC[C@H]1CC[C@@H]2O[C@@H]3C[C@]2(C[C@H]2OC4(CCCCC4)OC32)O1.[C-]#N.[C-]#[N+]CC[C@H]1CC[C@@H]2O[C@@H]3C[C@]2(C[C@H]2OC4(CCCCC4)OC32)O1.[K+]. The monoisotopic (exact) mass is 736 g/mol. The van der Waals surface area contributed by atoms with Gasteiger partial charge in [0.25, 0.3) is 0 Å². The van der Waals surface area contributed by atoms with Crippen LogP contribution >= 0.6 is 0 Å². The Balaban J connectivity index is 0.000000162. The Morgan fingerprint density at radius 3 is 1.45 bits per heavy atom. The first-order valence-corrected chi connectivity index (χ1v) is 19.9. The first-order chi connectivity index (χ1) is 23.9. The van der Waals surface area contributed by atoms with Crippen molar-refractivity contribution in [3.63, 3.8) is 0 Å². The Hall–Kier alpha value is 0.296. The number of ether oxygens (including phenoxy) is 8. The van der Waals surface area contributed by atoms with Gasteiger partial charge in [-0.15, -0.1) is 0 Å². The van der Waals surface area contributed by atoms with E-state index in [-0.39, 0.29) is 137 Å². The number of fused-ring (bicyclic) bond motifs is 6. The zero-order valence-electron chi connectivity index (χ0n) is 30.5. The molecule has 0 aromatic heterocycles. The molecule has 4 saturated carbocycles. The molecule has 4 bridgehead atoms. The molecular formula is C40H61KN2O8. The fourth-order valence-electron chi connectivity index (χ4n) is 11.6. The van der Waals surface area contributed by atoms with E-state index in [1.54, 1.807) is 0 Å². The quantitative estimate of drug-likeness (QED) is 0.301. The van der Waals surface area contributed by atoms with E-state index in [2.05, 4.69) is 11.8 Å². The van der Waals surface area contributed by atoms with Gasteiger partial charge in [0.1, 0.15) is 12.2 Å². The van der Waals surface area contributed by atoms with Crippen molar-refractivity contribution < 1.29 is 89.3 Å². The van der Waals surface area contributed by atoms with Crippen LogP contribution in [0.15, 0.2) is 0 Å². The molecule has 6 aliphatic heterocycles. The molecule has 10 fully saturated rings. The number of nitrogens with zero attached hydrogens (tertiary/aromatic N) is 2. The second-order valence-electron chi connectivity index (χ2n) is 16.8. The second kappa shape index (κ2) is 16.8. The third kappa shape index (κ3) is 7.72. The molecule has 4 aliphatic carbocycles. The van der Waals surface area contributed by atoms with Crippen molar-refractivity contribution in [1.29, 1.82) is 5.26 Å². The van der Waals surface area contributed by atoms with Gasteiger partial charge in [0.15, 0.2) is 11.6 Å². The molecule has 6 heterocycles. The third-order valence-electron chi connectivity index (χ3n) is 13.6. The van der Waals surface area contributed by atoms with Gasteiger partial charge in [0.05, 0.1) is 60.0 Å². The minimum atomic E-state index is -0.342. The van der Waals surface area contributed by atoms with Crippen molar-refractivity contribution >= 4 is 0 Å². The maximum Gasteiger partial charge on any atom is 1.00 e. The molecule has 0 aromatic carbocycles. The summed E-state index contributed by atoms with van der Waals surface area (Å²) in [6.07, 6.45) is 24.9. The zero-order valence-corrected chi connectivity index (χ0v) is 33.6. The molecule has 280 valence electrons. The Labute approximate surface area is 349 Å². The van der Waals surface area contributed by atoms with Crippen LogP contribution in [0.25, 0.3) is 4.85 Å². The largest absolute Gasteiger partial charge is 1.00 e. The van der Waals surface area contributed by atoms with E-state index in [1.165, 1.54) is 51.4 Å². The summed E-state index contributed by atoms with van der Waals surface area (Å²) in [6.45, 7) is 14.6. The van der Waals surface area contributed by atoms with Crippen LogP contribution in [-0.4, -0.2) is 90.4 Å². The molecule has 10 aliphatic rings. The molecule has 11 heteroatoms. The average molecular weight is 737 g/mol. The number of hydrogen-bond donors (Lipinski definition) is 0. The summed E-state index contributed by atoms with van der Waals surface area (Å²) in [5.74, 6) is -0.642. The second-order valence-corrected chi connectivity index (χ2v) is 16.8. The Kier molecular flexibility index (Phi) is 13.5. The van der Waals surface area contributed by atoms with E-state index in [1.807, 2.05) is 0 Å². The molecule has 0 radical (unpaired) electrons. The van der Waals surface area contributed by atoms with Crippen LogP contribution in [0.3, 0.4) is 0 Å². The van der Waals surface area contributed by atoms with Crippen LogP contribution < -0.4 is 51.4 Å². The van der Waals surface area contributed by atoms with Gasteiger partial charge in [-0.2, -0.15) is 0 Å². The predicted octanol–water partition coefficient (Wildman–Crippen LogP) is 4.67. The fraction of sp³-hybridized carbons (Fsp3) is 0.950.